The maximum Gasteiger partial charge on any atom is 0.341 e. The molecule has 2 aromatic rings. The Balaban J connectivity index is 1.74. The van der Waals surface area contributed by atoms with Gasteiger partial charge >= 0.3 is 5.97 Å². The molecule has 0 unspecified atom stereocenters. The molecular weight excluding hydrogens is 346 g/mol. The van der Waals surface area contributed by atoms with Crippen molar-refractivity contribution in [1.29, 1.82) is 0 Å². The van der Waals surface area contributed by atoms with Crippen molar-refractivity contribution < 1.29 is 24.2 Å². The van der Waals surface area contributed by atoms with Crippen molar-refractivity contribution in [2.24, 2.45) is 0 Å². The summed E-state index contributed by atoms with van der Waals surface area (Å²) in [6, 6.07) is 15.0. The lowest BCUT2D eigenvalue weighted by atomic mass is 10.1. The van der Waals surface area contributed by atoms with Crippen LogP contribution in [-0.4, -0.2) is 42.6 Å². The van der Waals surface area contributed by atoms with Crippen molar-refractivity contribution in [1.82, 2.24) is 4.90 Å². The molecule has 27 heavy (non-hydrogen) atoms. The molecule has 2 aromatic carbocycles. The first-order valence-corrected chi connectivity index (χ1v) is 8.78. The highest BCUT2D eigenvalue weighted by Crippen LogP contribution is 2.15. The highest BCUT2D eigenvalue weighted by molar-refractivity contribution is 5.75. The molecule has 0 saturated heterocycles. The molecule has 0 bridgehead atoms. The van der Waals surface area contributed by atoms with E-state index in [1.54, 1.807) is 31.2 Å². The van der Waals surface area contributed by atoms with Crippen LogP contribution >= 0.6 is 0 Å². The number of aliphatic carboxylic acids is 1. The number of carboxylic acids is 1. The fourth-order valence-electron chi connectivity index (χ4n) is 2.62. The predicted octanol–water partition coefficient (Wildman–Crippen LogP) is 3.14. The molecule has 0 heterocycles. The normalized spacial score (nSPS) is 10.3. The SMILES string of the molecule is COc1ccc(CCCC(=O)N(C)Cc2ccc(OCC(=O)O)cc2)cc1. The van der Waals surface area contributed by atoms with Crippen molar-refractivity contribution in [3.63, 3.8) is 0 Å². The van der Waals surface area contributed by atoms with Crippen LogP contribution in [0.3, 0.4) is 0 Å². The quantitative estimate of drug-likeness (QED) is 0.694. The monoisotopic (exact) mass is 371 g/mol. The predicted molar refractivity (Wildman–Crippen MR) is 102 cm³/mol. The first-order valence-electron chi connectivity index (χ1n) is 8.78. The van der Waals surface area contributed by atoms with Crippen LogP contribution in [0.4, 0.5) is 0 Å². The summed E-state index contributed by atoms with van der Waals surface area (Å²) in [6.07, 6.45) is 2.12. The lowest BCUT2D eigenvalue weighted by Gasteiger charge is -2.17. The summed E-state index contributed by atoms with van der Waals surface area (Å²) < 4.78 is 10.2. The number of aryl methyl sites for hydroxylation is 1. The van der Waals surface area contributed by atoms with Crippen LogP contribution in [0, 0.1) is 0 Å². The number of benzene rings is 2. The molecule has 0 saturated carbocycles. The van der Waals surface area contributed by atoms with Crippen molar-refractivity contribution in [2.75, 3.05) is 20.8 Å². The second-order valence-electron chi connectivity index (χ2n) is 6.28. The zero-order chi connectivity index (χ0) is 19.6. The summed E-state index contributed by atoms with van der Waals surface area (Å²) >= 11 is 0. The topological polar surface area (TPSA) is 76.1 Å². The lowest BCUT2D eigenvalue weighted by molar-refractivity contribution is -0.139. The molecular formula is C21H25NO5. The minimum atomic E-state index is -1.01. The Kier molecular flexibility index (Phi) is 7.67. The van der Waals surface area contributed by atoms with E-state index < -0.39 is 5.97 Å². The van der Waals surface area contributed by atoms with Gasteiger partial charge in [-0.15, -0.1) is 0 Å². The Hall–Kier alpha value is -3.02. The highest BCUT2D eigenvalue weighted by Gasteiger charge is 2.09. The van der Waals surface area contributed by atoms with Gasteiger partial charge in [0.1, 0.15) is 11.5 Å². The molecule has 0 radical (unpaired) electrons. The van der Waals surface area contributed by atoms with Crippen LogP contribution in [0.25, 0.3) is 0 Å². The van der Waals surface area contributed by atoms with Gasteiger partial charge < -0.3 is 19.5 Å². The van der Waals surface area contributed by atoms with Crippen LogP contribution in [0.15, 0.2) is 48.5 Å². The van der Waals surface area contributed by atoms with E-state index in [9.17, 15) is 9.59 Å². The van der Waals surface area contributed by atoms with Gasteiger partial charge in [-0.1, -0.05) is 24.3 Å². The number of amides is 1. The molecule has 144 valence electrons. The van der Waals surface area contributed by atoms with Gasteiger partial charge in [-0.3, -0.25) is 4.79 Å². The third-order valence-electron chi connectivity index (χ3n) is 4.15. The molecule has 1 N–H and O–H groups in total. The van der Waals surface area contributed by atoms with Crippen molar-refractivity contribution in [2.45, 2.75) is 25.8 Å². The summed E-state index contributed by atoms with van der Waals surface area (Å²) in [6.45, 7) is 0.131. The Morgan fingerprint density at radius 3 is 2.15 bits per heavy atom. The van der Waals surface area contributed by atoms with Crippen LogP contribution in [0.2, 0.25) is 0 Å². The molecule has 0 aromatic heterocycles. The van der Waals surface area contributed by atoms with E-state index in [0.29, 0.717) is 18.7 Å². The van der Waals surface area contributed by atoms with Gasteiger partial charge in [-0.25, -0.2) is 4.79 Å². The fourth-order valence-corrected chi connectivity index (χ4v) is 2.62. The van der Waals surface area contributed by atoms with E-state index in [1.165, 1.54) is 5.56 Å². The zero-order valence-corrected chi connectivity index (χ0v) is 15.7. The van der Waals surface area contributed by atoms with Crippen LogP contribution in [-0.2, 0) is 22.6 Å². The summed E-state index contributed by atoms with van der Waals surface area (Å²) in [5.74, 6) is 0.400. The van der Waals surface area contributed by atoms with Gasteiger partial charge in [0.05, 0.1) is 7.11 Å². The first-order chi connectivity index (χ1) is 13.0. The van der Waals surface area contributed by atoms with Crippen LogP contribution < -0.4 is 9.47 Å². The molecule has 0 aliphatic heterocycles. The average molecular weight is 371 g/mol. The Morgan fingerprint density at radius 1 is 0.963 bits per heavy atom. The molecule has 0 aliphatic carbocycles. The Labute approximate surface area is 159 Å². The van der Waals surface area contributed by atoms with E-state index in [0.717, 1.165) is 24.2 Å². The third-order valence-corrected chi connectivity index (χ3v) is 4.15. The second kappa shape index (κ2) is 10.2. The van der Waals surface area contributed by atoms with Gasteiger partial charge in [0.2, 0.25) is 5.91 Å². The Morgan fingerprint density at radius 2 is 1.56 bits per heavy atom. The number of carbonyl (C=O) groups excluding carboxylic acids is 1. The van der Waals surface area contributed by atoms with Gasteiger partial charge in [-0.2, -0.15) is 0 Å². The van der Waals surface area contributed by atoms with E-state index in [-0.39, 0.29) is 12.5 Å². The molecule has 2 rings (SSSR count). The van der Waals surface area contributed by atoms with Gasteiger partial charge in [0.25, 0.3) is 0 Å². The molecule has 6 heteroatoms. The number of ether oxygens (including phenoxy) is 2. The van der Waals surface area contributed by atoms with E-state index in [2.05, 4.69) is 0 Å². The minimum Gasteiger partial charge on any atom is -0.497 e. The maximum atomic E-state index is 12.3. The molecule has 1 amide bonds. The number of nitrogens with zero attached hydrogens (tertiary/aromatic N) is 1. The maximum absolute atomic E-state index is 12.3. The standard InChI is InChI=1S/C21H25NO5/c1-22(14-17-8-12-19(13-9-17)27-15-21(24)25)20(23)5-3-4-16-6-10-18(26-2)11-7-16/h6-13H,3-5,14-15H2,1-2H3,(H,24,25). The molecule has 0 fully saturated rings. The Bertz CT molecular complexity index is 740. The number of carboxylic acid groups (broad SMARTS) is 1. The van der Waals surface area contributed by atoms with Crippen molar-refractivity contribution in [3.05, 3.63) is 59.7 Å². The van der Waals surface area contributed by atoms with Gasteiger partial charge in [0, 0.05) is 20.0 Å². The minimum absolute atomic E-state index is 0.0923. The van der Waals surface area contributed by atoms with Crippen molar-refractivity contribution >= 4 is 11.9 Å². The van der Waals surface area contributed by atoms with Crippen LogP contribution in [0.5, 0.6) is 11.5 Å². The van der Waals surface area contributed by atoms with Gasteiger partial charge in [0.15, 0.2) is 6.61 Å². The fraction of sp³-hybridized carbons (Fsp3) is 0.333. The summed E-state index contributed by atoms with van der Waals surface area (Å²) in [7, 11) is 3.42. The summed E-state index contributed by atoms with van der Waals surface area (Å²) in [4.78, 5) is 24.5. The molecule has 6 nitrogen and oxygen atoms in total. The first kappa shape index (κ1) is 20.3. The number of carbonyl (C=O) groups is 2. The summed E-state index contributed by atoms with van der Waals surface area (Å²) in [5.41, 5.74) is 2.15. The molecule has 0 spiro atoms. The smallest absolute Gasteiger partial charge is 0.341 e. The van der Waals surface area contributed by atoms with Gasteiger partial charge in [-0.05, 0) is 48.2 Å². The lowest BCUT2D eigenvalue weighted by Crippen LogP contribution is -2.25. The average Bonchev–Trinajstić information content (AvgIpc) is 2.67. The molecule has 0 aliphatic rings. The second-order valence-corrected chi connectivity index (χ2v) is 6.28. The summed E-state index contributed by atoms with van der Waals surface area (Å²) in [5, 5.41) is 8.60. The van der Waals surface area contributed by atoms with Crippen molar-refractivity contribution in [3.8, 4) is 11.5 Å². The third kappa shape index (κ3) is 7.01. The largest absolute Gasteiger partial charge is 0.497 e. The number of hydrogen-bond donors (Lipinski definition) is 1. The van der Waals surface area contributed by atoms with E-state index >= 15 is 0 Å². The zero-order valence-electron chi connectivity index (χ0n) is 15.7. The van der Waals surface area contributed by atoms with E-state index in [4.69, 9.17) is 14.6 Å². The molecule has 0 atom stereocenters. The van der Waals surface area contributed by atoms with E-state index in [1.807, 2.05) is 36.4 Å². The number of hydrogen-bond acceptors (Lipinski definition) is 4. The number of methoxy groups -OCH3 is 1. The highest BCUT2D eigenvalue weighted by atomic mass is 16.5. The number of rotatable bonds is 10. The van der Waals surface area contributed by atoms with Crippen LogP contribution in [0.1, 0.15) is 24.0 Å².